The average Bonchev–Trinajstić information content (AvgIpc) is 2.77. The number of rotatable bonds is 2. The Morgan fingerprint density at radius 1 is 1.21 bits per heavy atom. The van der Waals surface area contributed by atoms with Gasteiger partial charge >= 0.3 is 0 Å². The summed E-state index contributed by atoms with van der Waals surface area (Å²) in [7, 11) is 0. The van der Waals surface area contributed by atoms with Crippen LogP contribution in [-0.2, 0) is 0 Å². The first-order chi connectivity index (χ1) is 6.90. The summed E-state index contributed by atoms with van der Waals surface area (Å²) in [6.07, 6.45) is 2.74. The van der Waals surface area contributed by atoms with Gasteiger partial charge in [0.25, 0.3) is 0 Å². The highest BCUT2D eigenvalue weighted by atomic mass is 14.9. The molecule has 0 aliphatic heterocycles. The molecule has 14 heavy (non-hydrogen) atoms. The third-order valence-corrected chi connectivity index (χ3v) is 3.86. The van der Waals surface area contributed by atoms with Crippen LogP contribution in [0.1, 0.15) is 42.7 Å². The average molecular weight is 187 g/mol. The number of nitrogens with one attached hydrogen (secondary N) is 1. The fourth-order valence-electron chi connectivity index (χ4n) is 3.34. The van der Waals surface area contributed by atoms with E-state index in [-0.39, 0.29) is 0 Å². The van der Waals surface area contributed by atoms with Crippen molar-refractivity contribution in [1.82, 2.24) is 5.32 Å². The van der Waals surface area contributed by atoms with Crippen LogP contribution in [0, 0.1) is 0 Å². The molecule has 2 aliphatic rings. The Kier molecular flexibility index (Phi) is 1.88. The van der Waals surface area contributed by atoms with Crippen molar-refractivity contribution in [3.05, 3.63) is 35.4 Å². The van der Waals surface area contributed by atoms with Crippen LogP contribution in [0.3, 0.4) is 0 Å². The van der Waals surface area contributed by atoms with Gasteiger partial charge in [0.1, 0.15) is 0 Å². The molecule has 3 rings (SSSR count). The molecule has 1 unspecified atom stereocenters. The first-order valence-corrected chi connectivity index (χ1v) is 5.72. The second-order valence-corrected chi connectivity index (χ2v) is 4.57. The Morgan fingerprint density at radius 3 is 2.79 bits per heavy atom. The standard InChI is InChI=1S/C13H17N/c1-2-14-13-8-9-7-12(13)11-6-4-3-5-10(9)11/h3-6,9,12-14H,2,7-8H2,1H3/t9?,12-,13+/m1/s1. The Bertz CT molecular complexity index is 345. The van der Waals surface area contributed by atoms with Gasteiger partial charge in [0.15, 0.2) is 0 Å². The smallest absolute Gasteiger partial charge is 0.0142 e. The highest BCUT2D eigenvalue weighted by Crippen LogP contribution is 2.52. The van der Waals surface area contributed by atoms with E-state index < -0.39 is 0 Å². The van der Waals surface area contributed by atoms with Crippen molar-refractivity contribution >= 4 is 0 Å². The van der Waals surface area contributed by atoms with Crippen LogP contribution in [0.4, 0.5) is 0 Å². The zero-order valence-corrected chi connectivity index (χ0v) is 8.66. The van der Waals surface area contributed by atoms with Crippen molar-refractivity contribution in [3.8, 4) is 0 Å². The fourth-order valence-corrected chi connectivity index (χ4v) is 3.34. The minimum Gasteiger partial charge on any atom is -0.314 e. The fraction of sp³-hybridized carbons (Fsp3) is 0.538. The van der Waals surface area contributed by atoms with Crippen molar-refractivity contribution in [3.63, 3.8) is 0 Å². The van der Waals surface area contributed by atoms with Gasteiger partial charge in [-0.15, -0.1) is 0 Å². The topological polar surface area (TPSA) is 12.0 Å². The molecule has 2 aliphatic carbocycles. The van der Waals surface area contributed by atoms with Gasteiger partial charge in [-0.3, -0.25) is 0 Å². The predicted molar refractivity (Wildman–Crippen MR) is 58.6 cm³/mol. The number of hydrogen-bond donors (Lipinski definition) is 1. The zero-order valence-electron chi connectivity index (χ0n) is 8.66. The van der Waals surface area contributed by atoms with E-state index in [1.54, 1.807) is 11.1 Å². The van der Waals surface area contributed by atoms with E-state index in [2.05, 4.69) is 36.5 Å². The minimum absolute atomic E-state index is 0.750. The van der Waals surface area contributed by atoms with Gasteiger partial charge in [0, 0.05) is 12.0 Å². The summed E-state index contributed by atoms with van der Waals surface area (Å²) in [5.74, 6) is 1.65. The molecule has 1 aromatic rings. The molecule has 1 saturated carbocycles. The molecule has 1 N–H and O–H groups in total. The molecule has 1 fully saturated rings. The third-order valence-electron chi connectivity index (χ3n) is 3.86. The Labute approximate surface area is 85.5 Å². The third kappa shape index (κ3) is 1.05. The van der Waals surface area contributed by atoms with Crippen LogP contribution in [-0.4, -0.2) is 12.6 Å². The summed E-state index contributed by atoms with van der Waals surface area (Å²) in [6, 6.07) is 9.76. The van der Waals surface area contributed by atoms with E-state index in [4.69, 9.17) is 0 Å². The van der Waals surface area contributed by atoms with E-state index in [1.165, 1.54) is 12.8 Å². The van der Waals surface area contributed by atoms with Crippen LogP contribution in [0.25, 0.3) is 0 Å². The summed E-state index contributed by atoms with van der Waals surface area (Å²) >= 11 is 0. The van der Waals surface area contributed by atoms with Crippen molar-refractivity contribution in [2.45, 2.75) is 37.6 Å². The first kappa shape index (κ1) is 8.49. The summed E-state index contributed by atoms with van der Waals surface area (Å²) in [5.41, 5.74) is 3.25. The number of fused-ring (bicyclic) bond motifs is 5. The Morgan fingerprint density at radius 2 is 2.00 bits per heavy atom. The SMILES string of the molecule is CCN[C@H]1CC2C[C@@H]1c1ccccc12. The molecular formula is C13H17N. The molecule has 3 atom stereocenters. The van der Waals surface area contributed by atoms with E-state index in [1.807, 2.05) is 0 Å². The molecule has 0 aromatic heterocycles. The molecule has 1 nitrogen and oxygen atoms in total. The second-order valence-electron chi connectivity index (χ2n) is 4.57. The largest absolute Gasteiger partial charge is 0.314 e. The highest BCUT2D eigenvalue weighted by molar-refractivity contribution is 5.42. The number of benzene rings is 1. The van der Waals surface area contributed by atoms with Crippen molar-refractivity contribution in [2.24, 2.45) is 0 Å². The summed E-state index contributed by atoms with van der Waals surface area (Å²) in [5, 5.41) is 3.62. The molecule has 0 spiro atoms. The quantitative estimate of drug-likeness (QED) is 0.750. The number of likely N-dealkylation sites (N-methyl/N-ethyl adjacent to an activating group) is 1. The maximum absolute atomic E-state index is 3.62. The molecule has 0 radical (unpaired) electrons. The zero-order chi connectivity index (χ0) is 9.54. The van der Waals surface area contributed by atoms with Crippen molar-refractivity contribution < 1.29 is 0 Å². The van der Waals surface area contributed by atoms with Gasteiger partial charge in [-0.2, -0.15) is 0 Å². The van der Waals surface area contributed by atoms with E-state index >= 15 is 0 Å². The normalized spacial score (nSPS) is 33.4. The van der Waals surface area contributed by atoms with Gasteiger partial charge in [-0.25, -0.2) is 0 Å². The van der Waals surface area contributed by atoms with E-state index in [0.29, 0.717) is 0 Å². The van der Waals surface area contributed by atoms with Gasteiger partial charge in [-0.1, -0.05) is 31.2 Å². The van der Waals surface area contributed by atoms with Crippen LogP contribution < -0.4 is 5.32 Å². The second kappa shape index (κ2) is 3.09. The van der Waals surface area contributed by atoms with Gasteiger partial charge < -0.3 is 5.32 Å². The monoisotopic (exact) mass is 187 g/mol. The highest BCUT2D eigenvalue weighted by Gasteiger charge is 2.42. The summed E-state index contributed by atoms with van der Waals surface area (Å²) < 4.78 is 0. The van der Waals surface area contributed by atoms with Crippen LogP contribution >= 0.6 is 0 Å². The maximum Gasteiger partial charge on any atom is 0.0142 e. The Hall–Kier alpha value is -0.820. The van der Waals surface area contributed by atoms with E-state index in [0.717, 1.165) is 24.4 Å². The molecule has 1 aromatic carbocycles. The molecule has 2 bridgehead atoms. The first-order valence-electron chi connectivity index (χ1n) is 5.72. The molecule has 0 heterocycles. The Balaban J connectivity index is 1.94. The lowest BCUT2D eigenvalue weighted by atomic mass is 9.88. The van der Waals surface area contributed by atoms with Crippen LogP contribution in [0.2, 0.25) is 0 Å². The molecule has 0 saturated heterocycles. The lowest BCUT2D eigenvalue weighted by Gasteiger charge is -2.24. The molecule has 0 amide bonds. The van der Waals surface area contributed by atoms with Gasteiger partial charge in [-0.05, 0) is 36.4 Å². The molecule has 74 valence electrons. The van der Waals surface area contributed by atoms with Gasteiger partial charge in [0.05, 0.1) is 0 Å². The summed E-state index contributed by atoms with van der Waals surface area (Å²) in [4.78, 5) is 0. The number of hydrogen-bond acceptors (Lipinski definition) is 1. The van der Waals surface area contributed by atoms with Crippen molar-refractivity contribution in [1.29, 1.82) is 0 Å². The maximum atomic E-state index is 3.62. The minimum atomic E-state index is 0.750. The lowest BCUT2D eigenvalue weighted by Crippen LogP contribution is -2.32. The van der Waals surface area contributed by atoms with Crippen LogP contribution in [0.15, 0.2) is 24.3 Å². The van der Waals surface area contributed by atoms with E-state index in [9.17, 15) is 0 Å². The van der Waals surface area contributed by atoms with Gasteiger partial charge in [0.2, 0.25) is 0 Å². The van der Waals surface area contributed by atoms with Crippen LogP contribution in [0.5, 0.6) is 0 Å². The van der Waals surface area contributed by atoms with Crippen molar-refractivity contribution in [2.75, 3.05) is 6.54 Å². The molecular weight excluding hydrogens is 170 g/mol. The predicted octanol–water partition coefficient (Wildman–Crippen LogP) is 2.64. The lowest BCUT2D eigenvalue weighted by molar-refractivity contribution is 0.479. The molecule has 1 heteroatoms. The summed E-state index contributed by atoms with van der Waals surface area (Å²) in [6.45, 7) is 3.31.